The summed E-state index contributed by atoms with van der Waals surface area (Å²) in [6, 6.07) is 7.01. The third kappa shape index (κ3) is 4.38. The number of hydrogen-bond acceptors (Lipinski definition) is 5. The van der Waals surface area contributed by atoms with Gasteiger partial charge in [-0.3, -0.25) is 9.69 Å². The number of amides is 1. The monoisotopic (exact) mass is 382 g/mol. The summed E-state index contributed by atoms with van der Waals surface area (Å²) in [4.78, 5) is 15.5. The van der Waals surface area contributed by atoms with Crippen LogP contribution in [-0.2, 0) is 14.8 Å². The number of sulfonamides is 1. The van der Waals surface area contributed by atoms with Crippen molar-refractivity contribution in [1.29, 1.82) is 5.26 Å². The van der Waals surface area contributed by atoms with E-state index < -0.39 is 21.4 Å². The average Bonchev–Trinajstić information content (AvgIpc) is 2.61. The molecule has 142 valence electrons. The quantitative estimate of drug-likeness (QED) is 0.755. The highest BCUT2D eigenvalue weighted by molar-refractivity contribution is 7.89. The first-order valence-electron chi connectivity index (χ1n) is 8.24. The number of halogens is 1. The lowest BCUT2D eigenvalue weighted by atomic mass is 10.1. The van der Waals surface area contributed by atoms with Crippen molar-refractivity contribution in [1.82, 2.24) is 14.1 Å². The van der Waals surface area contributed by atoms with E-state index in [0.29, 0.717) is 13.1 Å². The lowest BCUT2D eigenvalue weighted by molar-refractivity contribution is -0.134. The summed E-state index contributed by atoms with van der Waals surface area (Å²) < 4.78 is 39.8. The topological polar surface area (TPSA) is 84.7 Å². The molecule has 0 radical (unpaired) electrons. The second kappa shape index (κ2) is 7.70. The van der Waals surface area contributed by atoms with E-state index in [2.05, 4.69) is 6.07 Å². The molecule has 0 aromatic heterocycles. The number of nitriles is 1. The molecule has 1 saturated heterocycles. The van der Waals surface area contributed by atoms with E-state index >= 15 is 0 Å². The fraction of sp³-hybridized carbons (Fsp3) is 0.529. The van der Waals surface area contributed by atoms with Crippen LogP contribution in [0.25, 0.3) is 0 Å². The Morgan fingerprint density at radius 3 is 2.46 bits per heavy atom. The van der Waals surface area contributed by atoms with E-state index in [-0.39, 0.29) is 30.4 Å². The van der Waals surface area contributed by atoms with Crippen molar-refractivity contribution >= 4 is 15.9 Å². The van der Waals surface area contributed by atoms with Gasteiger partial charge in [-0.1, -0.05) is 6.07 Å². The van der Waals surface area contributed by atoms with Crippen LogP contribution in [-0.4, -0.2) is 73.7 Å². The van der Waals surface area contributed by atoms with Gasteiger partial charge in [0.25, 0.3) is 0 Å². The molecule has 0 saturated carbocycles. The molecule has 0 spiro atoms. The molecule has 1 amide bonds. The van der Waals surface area contributed by atoms with Crippen LogP contribution in [0.3, 0.4) is 0 Å². The predicted molar refractivity (Wildman–Crippen MR) is 94.1 cm³/mol. The summed E-state index contributed by atoms with van der Waals surface area (Å²) in [6.45, 7) is 4.66. The molecule has 0 unspecified atom stereocenters. The van der Waals surface area contributed by atoms with Crippen LogP contribution in [0.2, 0.25) is 0 Å². The second-order valence-corrected chi connectivity index (χ2v) is 8.70. The van der Waals surface area contributed by atoms with Gasteiger partial charge in [0.1, 0.15) is 11.4 Å². The summed E-state index contributed by atoms with van der Waals surface area (Å²) in [5, 5.41) is 9.11. The summed E-state index contributed by atoms with van der Waals surface area (Å²) in [7, 11) is -2.17. The highest BCUT2D eigenvalue weighted by Crippen LogP contribution is 2.19. The zero-order valence-corrected chi connectivity index (χ0v) is 16.0. The molecule has 1 fully saturated rings. The Morgan fingerprint density at radius 1 is 1.31 bits per heavy atom. The first-order chi connectivity index (χ1) is 12.1. The van der Waals surface area contributed by atoms with Crippen LogP contribution in [0.1, 0.15) is 13.8 Å². The van der Waals surface area contributed by atoms with E-state index in [0.717, 1.165) is 6.07 Å². The third-order valence-corrected chi connectivity index (χ3v) is 6.50. The molecule has 1 aromatic rings. The van der Waals surface area contributed by atoms with Crippen molar-refractivity contribution < 1.29 is 17.6 Å². The number of rotatable bonds is 5. The maximum Gasteiger partial charge on any atom is 0.243 e. The van der Waals surface area contributed by atoms with Crippen LogP contribution in [0, 0.1) is 17.1 Å². The molecule has 26 heavy (non-hydrogen) atoms. The molecule has 0 aliphatic carbocycles. The van der Waals surface area contributed by atoms with Crippen molar-refractivity contribution in [2.45, 2.75) is 24.3 Å². The number of benzene rings is 1. The first kappa shape index (κ1) is 20.3. The maximum absolute atomic E-state index is 13.3. The van der Waals surface area contributed by atoms with Crippen molar-refractivity contribution in [2.75, 3.05) is 39.8 Å². The Labute approximate surface area is 153 Å². The van der Waals surface area contributed by atoms with E-state index in [4.69, 9.17) is 5.26 Å². The average molecular weight is 382 g/mol. The fourth-order valence-corrected chi connectivity index (χ4v) is 4.04. The summed E-state index contributed by atoms with van der Waals surface area (Å²) in [5.41, 5.74) is -0.903. The number of carbonyl (C=O) groups excluding carboxylic acids is 1. The van der Waals surface area contributed by atoms with Gasteiger partial charge in [-0.25, -0.2) is 12.8 Å². The number of carbonyl (C=O) groups is 1. The van der Waals surface area contributed by atoms with Gasteiger partial charge in [0.15, 0.2) is 0 Å². The third-order valence-electron chi connectivity index (χ3n) is 4.61. The molecule has 1 aromatic carbocycles. The lowest BCUT2D eigenvalue weighted by Crippen LogP contribution is -2.53. The SMILES string of the molecule is CN(C(=O)CN1CCN(S(=O)(=O)c2cccc(F)c2)CC1)C(C)(C)C#N. The van der Waals surface area contributed by atoms with E-state index in [1.165, 1.54) is 27.4 Å². The Kier molecular flexibility index (Phi) is 6.01. The fourth-order valence-electron chi connectivity index (χ4n) is 2.59. The summed E-state index contributed by atoms with van der Waals surface area (Å²) in [6.07, 6.45) is 0. The number of nitrogens with zero attached hydrogens (tertiary/aromatic N) is 4. The van der Waals surface area contributed by atoms with Crippen LogP contribution < -0.4 is 0 Å². The van der Waals surface area contributed by atoms with Gasteiger partial charge >= 0.3 is 0 Å². The minimum Gasteiger partial charge on any atom is -0.326 e. The summed E-state index contributed by atoms with van der Waals surface area (Å²) >= 11 is 0. The molecule has 1 aliphatic rings. The van der Waals surface area contributed by atoms with Crippen molar-refractivity contribution in [3.8, 4) is 6.07 Å². The zero-order valence-electron chi connectivity index (χ0n) is 15.1. The van der Waals surface area contributed by atoms with Crippen LogP contribution in [0.5, 0.6) is 0 Å². The molecule has 1 aliphatic heterocycles. The molecule has 7 nitrogen and oxygen atoms in total. The molecule has 0 N–H and O–H groups in total. The molecule has 0 atom stereocenters. The predicted octanol–water partition coefficient (Wildman–Crippen LogP) is 0.893. The number of hydrogen-bond donors (Lipinski definition) is 0. The van der Waals surface area contributed by atoms with E-state index in [1.54, 1.807) is 20.9 Å². The Hall–Kier alpha value is -2.02. The highest BCUT2D eigenvalue weighted by Gasteiger charge is 2.32. The van der Waals surface area contributed by atoms with E-state index in [9.17, 15) is 17.6 Å². The van der Waals surface area contributed by atoms with Crippen LogP contribution in [0.4, 0.5) is 4.39 Å². The zero-order chi connectivity index (χ0) is 19.5. The minimum atomic E-state index is -3.75. The number of likely N-dealkylation sites (N-methyl/N-ethyl adjacent to an activating group) is 1. The molecule has 2 rings (SSSR count). The van der Waals surface area contributed by atoms with Crippen LogP contribution >= 0.6 is 0 Å². The van der Waals surface area contributed by atoms with Crippen molar-refractivity contribution in [3.63, 3.8) is 0 Å². The van der Waals surface area contributed by atoms with Gasteiger partial charge in [-0.2, -0.15) is 9.57 Å². The van der Waals surface area contributed by atoms with Crippen LogP contribution in [0.15, 0.2) is 29.2 Å². The van der Waals surface area contributed by atoms with E-state index in [1.807, 2.05) is 4.90 Å². The van der Waals surface area contributed by atoms with Gasteiger partial charge in [-0.15, -0.1) is 0 Å². The largest absolute Gasteiger partial charge is 0.326 e. The Balaban J connectivity index is 1.97. The minimum absolute atomic E-state index is 0.0717. The molecule has 9 heteroatoms. The second-order valence-electron chi connectivity index (χ2n) is 6.76. The standard InChI is InChI=1S/C17H23FN4O3S/c1-17(2,13-19)20(3)16(23)12-21-7-9-22(10-8-21)26(24,25)15-6-4-5-14(18)11-15/h4-6,11H,7-10,12H2,1-3H3. The van der Waals surface area contributed by atoms with Crippen molar-refractivity contribution in [2.24, 2.45) is 0 Å². The van der Waals surface area contributed by atoms with Crippen molar-refractivity contribution in [3.05, 3.63) is 30.1 Å². The first-order valence-corrected chi connectivity index (χ1v) is 9.68. The number of piperazine rings is 1. The van der Waals surface area contributed by atoms with Gasteiger partial charge in [0.2, 0.25) is 15.9 Å². The maximum atomic E-state index is 13.3. The Morgan fingerprint density at radius 2 is 1.92 bits per heavy atom. The molecule has 1 heterocycles. The normalized spacial score (nSPS) is 16.9. The molecular formula is C17H23FN4O3S. The smallest absolute Gasteiger partial charge is 0.243 e. The lowest BCUT2D eigenvalue weighted by Gasteiger charge is -2.36. The molecule has 0 bridgehead atoms. The van der Waals surface area contributed by atoms with Gasteiger partial charge < -0.3 is 4.90 Å². The van der Waals surface area contributed by atoms with Gasteiger partial charge in [0, 0.05) is 33.2 Å². The van der Waals surface area contributed by atoms with Gasteiger partial charge in [0.05, 0.1) is 17.5 Å². The molecular weight excluding hydrogens is 359 g/mol. The summed E-state index contributed by atoms with van der Waals surface area (Å²) in [5.74, 6) is -0.795. The Bertz CT molecular complexity index is 812. The van der Waals surface area contributed by atoms with Gasteiger partial charge in [-0.05, 0) is 32.0 Å². The highest BCUT2D eigenvalue weighted by atomic mass is 32.2.